The zero-order chi connectivity index (χ0) is 19.3. The summed E-state index contributed by atoms with van der Waals surface area (Å²) in [5, 5.41) is 3.05. The van der Waals surface area contributed by atoms with E-state index < -0.39 is 22.5 Å². The summed E-state index contributed by atoms with van der Waals surface area (Å²) in [5.41, 5.74) is 0.660. The van der Waals surface area contributed by atoms with Gasteiger partial charge < -0.3 is 10.1 Å². The number of carbonyl (C=O) groups excluding carboxylic acids is 1. The maximum Gasteiger partial charge on any atom is 0.245 e. The van der Waals surface area contributed by atoms with Crippen molar-refractivity contribution < 1.29 is 17.9 Å². The number of amides is 1. The van der Waals surface area contributed by atoms with E-state index in [1.54, 1.807) is 42.5 Å². The highest BCUT2D eigenvalue weighted by molar-refractivity contribution is 7.92. The van der Waals surface area contributed by atoms with Crippen LogP contribution in [-0.4, -0.2) is 33.7 Å². The molecule has 0 unspecified atom stereocenters. The number of anilines is 2. The molecule has 2 rings (SSSR count). The number of halogens is 2. The van der Waals surface area contributed by atoms with Gasteiger partial charge in [-0.25, -0.2) is 8.42 Å². The van der Waals surface area contributed by atoms with E-state index in [-0.39, 0.29) is 10.0 Å². The van der Waals surface area contributed by atoms with Gasteiger partial charge in [0, 0.05) is 0 Å². The molecule has 0 heterocycles. The summed E-state index contributed by atoms with van der Waals surface area (Å²) in [6.07, 6.45) is 1.03. The van der Waals surface area contributed by atoms with Gasteiger partial charge in [-0.2, -0.15) is 0 Å². The Balaban J connectivity index is 2.20. The molecule has 1 amide bonds. The molecule has 0 fully saturated rings. The first-order chi connectivity index (χ1) is 12.2. The number of rotatable bonds is 7. The van der Waals surface area contributed by atoms with Crippen molar-refractivity contribution in [2.75, 3.05) is 29.0 Å². The molecule has 2 aromatic carbocycles. The predicted octanol–water partition coefficient (Wildman–Crippen LogP) is 3.80. The van der Waals surface area contributed by atoms with Gasteiger partial charge in [-0.3, -0.25) is 9.10 Å². The fourth-order valence-corrected chi connectivity index (χ4v) is 3.40. The summed E-state index contributed by atoms with van der Waals surface area (Å²) in [7, 11) is -3.68. The Bertz CT molecular complexity index is 886. The van der Waals surface area contributed by atoms with Gasteiger partial charge in [0.2, 0.25) is 15.9 Å². The number of carbonyl (C=O) groups is 1. The molecule has 9 heteroatoms. The molecule has 2 aromatic rings. The van der Waals surface area contributed by atoms with E-state index in [2.05, 4.69) is 5.32 Å². The minimum atomic E-state index is -3.68. The lowest BCUT2D eigenvalue weighted by molar-refractivity contribution is -0.114. The molecule has 0 aliphatic heterocycles. The molecule has 0 bridgehead atoms. The number of hydrogen-bond donors (Lipinski definition) is 1. The van der Waals surface area contributed by atoms with Crippen LogP contribution in [-0.2, 0) is 14.8 Å². The van der Waals surface area contributed by atoms with Crippen molar-refractivity contribution in [2.24, 2.45) is 0 Å². The van der Waals surface area contributed by atoms with Crippen LogP contribution < -0.4 is 14.4 Å². The summed E-state index contributed by atoms with van der Waals surface area (Å²) in [6, 6.07) is 11.2. The van der Waals surface area contributed by atoms with Crippen molar-refractivity contribution in [1.29, 1.82) is 0 Å². The first kappa shape index (κ1) is 20.4. The standard InChI is InChI=1S/C17H18Cl2N2O4S/c1-3-25-13-9-7-12(8-10-13)21(26(2,23)24)11-16(22)20-15-6-4-5-14(18)17(15)19/h4-10H,3,11H2,1-2H3,(H,20,22). The Morgan fingerprint density at radius 3 is 2.38 bits per heavy atom. The van der Waals surface area contributed by atoms with Crippen molar-refractivity contribution in [3.63, 3.8) is 0 Å². The second kappa shape index (κ2) is 8.62. The van der Waals surface area contributed by atoms with E-state index in [1.165, 1.54) is 0 Å². The molecule has 0 saturated heterocycles. The molecule has 140 valence electrons. The Hall–Kier alpha value is -1.96. The number of sulfonamides is 1. The van der Waals surface area contributed by atoms with Crippen LogP contribution in [0.1, 0.15) is 6.92 Å². The number of nitrogens with one attached hydrogen (secondary N) is 1. The van der Waals surface area contributed by atoms with E-state index >= 15 is 0 Å². The first-order valence-corrected chi connectivity index (χ1v) is 10.3. The Morgan fingerprint density at radius 1 is 1.15 bits per heavy atom. The fourth-order valence-electron chi connectivity index (χ4n) is 2.20. The van der Waals surface area contributed by atoms with Crippen LogP contribution in [0.5, 0.6) is 5.75 Å². The number of nitrogens with zero attached hydrogens (tertiary/aromatic N) is 1. The van der Waals surface area contributed by atoms with E-state index in [4.69, 9.17) is 27.9 Å². The van der Waals surface area contributed by atoms with E-state index in [9.17, 15) is 13.2 Å². The van der Waals surface area contributed by atoms with Crippen LogP contribution >= 0.6 is 23.2 Å². The van der Waals surface area contributed by atoms with Crippen LogP contribution in [0, 0.1) is 0 Å². The van der Waals surface area contributed by atoms with Gasteiger partial charge in [-0.1, -0.05) is 29.3 Å². The van der Waals surface area contributed by atoms with Crippen molar-refractivity contribution >= 4 is 50.5 Å². The quantitative estimate of drug-likeness (QED) is 0.744. The number of hydrogen-bond acceptors (Lipinski definition) is 4. The van der Waals surface area contributed by atoms with Crippen LogP contribution in [0.2, 0.25) is 10.0 Å². The average molecular weight is 417 g/mol. The number of ether oxygens (including phenoxy) is 1. The van der Waals surface area contributed by atoms with Crippen molar-refractivity contribution in [2.45, 2.75) is 6.92 Å². The number of benzene rings is 2. The summed E-state index contributed by atoms with van der Waals surface area (Å²) in [4.78, 5) is 12.3. The van der Waals surface area contributed by atoms with Gasteiger partial charge in [-0.05, 0) is 43.3 Å². The average Bonchev–Trinajstić information content (AvgIpc) is 2.57. The van der Waals surface area contributed by atoms with Gasteiger partial charge in [0.15, 0.2) is 0 Å². The zero-order valence-corrected chi connectivity index (χ0v) is 16.5. The SMILES string of the molecule is CCOc1ccc(N(CC(=O)Nc2cccc(Cl)c2Cl)S(C)(=O)=O)cc1. The topological polar surface area (TPSA) is 75.7 Å². The maximum atomic E-state index is 12.3. The Kier molecular flexibility index (Phi) is 6.75. The second-order valence-electron chi connectivity index (χ2n) is 5.35. The van der Waals surface area contributed by atoms with Gasteiger partial charge in [0.25, 0.3) is 0 Å². The third kappa shape index (κ3) is 5.27. The minimum Gasteiger partial charge on any atom is -0.494 e. The monoisotopic (exact) mass is 416 g/mol. The summed E-state index contributed by atoms with van der Waals surface area (Å²) in [5.74, 6) is 0.0633. The molecule has 0 spiro atoms. The molecular formula is C17H18Cl2N2O4S. The summed E-state index contributed by atoms with van der Waals surface area (Å²) < 4.78 is 30.6. The zero-order valence-electron chi connectivity index (χ0n) is 14.2. The highest BCUT2D eigenvalue weighted by atomic mass is 35.5. The third-order valence-corrected chi connectivity index (χ3v) is 5.31. The molecule has 0 aromatic heterocycles. The Labute approximate surface area is 162 Å². The molecule has 0 aliphatic rings. The molecule has 1 N–H and O–H groups in total. The van der Waals surface area contributed by atoms with Gasteiger partial charge in [-0.15, -0.1) is 0 Å². The first-order valence-electron chi connectivity index (χ1n) is 7.66. The lowest BCUT2D eigenvalue weighted by atomic mass is 10.3. The van der Waals surface area contributed by atoms with Gasteiger partial charge >= 0.3 is 0 Å². The molecule has 0 aliphatic carbocycles. The smallest absolute Gasteiger partial charge is 0.245 e. The predicted molar refractivity (Wildman–Crippen MR) is 105 cm³/mol. The van der Waals surface area contributed by atoms with Crippen LogP contribution in [0.3, 0.4) is 0 Å². The molecule has 26 heavy (non-hydrogen) atoms. The molecule has 0 radical (unpaired) electrons. The van der Waals surface area contributed by atoms with Crippen molar-refractivity contribution in [3.05, 3.63) is 52.5 Å². The lowest BCUT2D eigenvalue weighted by Crippen LogP contribution is -2.37. The highest BCUT2D eigenvalue weighted by Gasteiger charge is 2.21. The van der Waals surface area contributed by atoms with Gasteiger partial charge in [0.05, 0.1) is 34.3 Å². The van der Waals surface area contributed by atoms with Crippen LogP contribution in [0.15, 0.2) is 42.5 Å². The third-order valence-electron chi connectivity index (χ3n) is 3.35. The van der Waals surface area contributed by atoms with Crippen molar-refractivity contribution in [1.82, 2.24) is 0 Å². The highest BCUT2D eigenvalue weighted by Crippen LogP contribution is 2.29. The van der Waals surface area contributed by atoms with E-state index in [1.807, 2.05) is 6.92 Å². The van der Waals surface area contributed by atoms with Gasteiger partial charge in [0.1, 0.15) is 12.3 Å². The van der Waals surface area contributed by atoms with Crippen LogP contribution in [0.25, 0.3) is 0 Å². The minimum absolute atomic E-state index is 0.189. The molecule has 0 saturated carbocycles. The molecule has 0 atom stereocenters. The largest absolute Gasteiger partial charge is 0.494 e. The second-order valence-corrected chi connectivity index (χ2v) is 8.04. The summed E-state index contributed by atoms with van der Waals surface area (Å²) >= 11 is 11.9. The van der Waals surface area contributed by atoms with Crippen molar-refractivity contribution in [3.8, 4) is 5.75 Å². The van der Waals surface area contributed by atoms with E-state index in [0.717, 1.165) is 10.6 Å². The van der Waals surface area contributed by atoms with E-state index in [0.29, 0.717) is 23.7 Å². The maximum absolute atomic E-state index is 12.3. The lowest BCUT2D eigenvalue weighted by Gasteiger charge is -2.22. The normalized spacial score (nSPS) is 11.1. The van der Waals surface area contributed by atoms with Crippen LogP contribution in [0.4, 0.5) is 11.4 Å². The fraction of sp³-hybridized carbons (Fsp3) is 0.235. The Morgan fingerprint density at radius 2 is 1.81 bits per heavy atom. The summed E-state index contributed by atoms with van der Waals surface area (Å²) in [6.45, 7) is 1.94. The molecular weight excluding hydrogens is 399 g/mol. The molecule has 6 nitrogen and oxygen atoms in total.